The summed E-state index contributed by atoms with van der Waals surface area (Å²) >= 11 is 0. The molecule has 17 heavy (non-hydrogen) atoms. The van der Waals surface area contributed by atoms with E-state index in [-0.39, 0.29) is 24.0 Å². The fourth-order valence-electron chi connectivity index (χ4n) is 2.49. The van der Waals surface area contributed by atoms with Crippen molar-refractivity contribution in [1.82, 2.24) is 10.2 Å². The van der Waals surface area contributed by atoms with Crippen LogP contribution in [0.15, 0.2) is 4.99 Å². The van der Waals surface area contributed by atoms with Crippen LogP contribution < -0.4 is 11.1 Å². The average Bonchev–Trinajstić information content (AvgIpc) is 3.18. The molecule has 3 rings (SSSR count). The molecule has 3 N–H and O–H groups in total. The molecule has 0 aromatic heterocycles. The number of nitrogens with two attached hydrogens (primary N) is 1. The van der Waals surface area contributed by atoms with Crippen LogP contribution in [-0.2, 0) is 0 Å². The molecule has 4 nitrogen and oxygen atoms in total. The number of likely N-dealkylation sites (tertiary alicyclic amines) is 1. The van der Waals surface area contributed by atoms with E-state index in [2.05, 4.69) is 15.2 Å². The number of halogens is 1. The fraction of sp³-hybridized carbons (Fsp3) is 0.917. The molecule has 2 saturated carbocycles. The van der Waals surface area contributed by atoms with Gasteiger partial charge in [0.25, 0.3) is 0 Å². The van der Waals surface area contributed by atoms with Crippen LogP contribution in [0.4, 0.5) is 0 Å². The van der Waals surface area contributed by atoms with Crippen molar-refractivity contribution in [2.75, 3.05) is 19.6 Å². The first-order valence-corrected chi connectivity index (χ1v) is 6.62. The van der Waals surface area contributed by atoms with Crippen molar-refractivity contribution in [2.45, 2.75) is 44.2 Å². The molecule has 98 valence electrons. The predicted octanol–water partition coefficient (Wildman–Crippen LogP) is 1.16. The van der Waals surface area contributed by atoms with Crippen molar-refractivity contribution >= 4 is 29.9 Å². The van der Waals surface area contributed by atoms with Gasteiger partial charge in [-0.15, -0.1) is 24.0 Å². The molecule has 1 aliphatic heterocycles. The van der Waals surface area contributed by atoms with Crippen LogP contribution in [0.1, 0.15) is 32.1 Å². The lowest BCUT2D eigenvalue weighted by Crippen LogP contribution is -2.34. The van der Waals surface area contributed by atoms with Crippen molar-refractivity contribution in [2.24, 2.45) is 16.6 Å². The maximum Gasteiger partial charge on any atom is 0.188 e. The summed E-state index contributed by atoms with van der Waals surface area (Å²) < 4.78 is 0. The van der Waals surface area contributed by atoms with E-state index in [1.807, 2.05) is 0 Å². The molecule has 0 bridgehead atoms. The van der Waals surface area contributed by atoms with E-state index in [0.29, 0.717) is 12.0 Å². The van der Waals surface area contributed by atoms with Gasteiger partial charge in [-0.1, -0.05) is 0 Å². The number of guanidine groups is 1. The number of hydrogen-bond acceptors (Lipinski definition) is 2. The molecule has 1 saturated heterocycles. The second-order valence-corrected chi connectivity index (χ2v) is 5.53. The highest BCUT2D eigenvalue weighted by Gasteiger charge is 2.34. The maximum absolute atomic E-state index is 5.82. The van der Waals surface area contributed by atoms with Gasteiger partial charge in [-0.2, -0.15) is 0 Å². The molecule has 3 fully saturated rings. The van der Waals surface area contributed by atoms with Crippen molar-refractivity contribution in [3.8, 4) is 0 Å². The van der Waals surface area contributed by atoms with Gasteiger partial charge in [0.2, 0.25) is 0 Å². The number of aliphatic imine (C=N–C) groups is 1. The Hall–Kier alpha value is -0.0400. The minimum absolute atomic E-state index is 0. The predicted molar refractivity (Wildman–Crippen MR) is 80.8 cm³/mol. The number of nitrogens with one attached hydrogen (secondary N) is 1. The summed E-state index contributed by atoms with van der Waals surface area (Å²) in [4.78, 5) is 7.09. The van der Waals surface area contributed by atoms with E-state index < -0.39 is 0 Å². The molecule has 2 aliphatic carbocycles. The van der Waals surface area contributed by atoms with Crippen molar-refractivity contribution in [3.05, 3.63) is 0 Å². The van der Waals surface area contributed by atoms with Crippen LogP contribution in [0, 0.1) is 5.92 Å². The summed E-state index contributed by atoms with van der Waals surface area (Å²) in [6.45, 7) is 3.43. The third kappa shape index (κ3) is 3.98. The van der Waals surface area contributed by atoms with E-state index in [1.54, 1.807) is 0 Å². The van der Waals surface area contributed by atoms with Gasteiger partial charge >= 0.3 is 0 Å². The smallest absolute Gasteiger partial charge is 0.188 e. The standard InChI is InChI=1S/C12H22N4.HI/c13-12(15-10-1-2-10)14-7-9-5-6-16(8-9)11-3-4-11;/h9-11H,1-8H2,(H3,13,14,15);1H. The topological polar surface area (TPSA) is 53.6 Å². The van der Waals surface area contributed by atoms with E-state index in [1.165, 1.54) is 45.2 Å². The van der Waals surface area contributed by atoms with Gasteiger partial charge in [0, 0.05) is 25.2 Å². The van der Waals surface area contributed by atoms with E-state index in [0.717, 1.165) is 18.5 Å². The number of hydrogen-bond donors (Lipinski definition) is 2. The molecule has 0 spiro atoms. The fourth-order valence-corrected chi connectivity index (χ4v) is 2.49. The van der Waals surface area contributed by atoms with Gasteiger partial charge in [0.05, 0.1) is 0 Å². The first kappa shape index (κ1) is 13.4. The number of nitrogens with zero attached hydrogens (tertiary/aromatic N) is 2. The summed E-state index contributed by atoms with van der Waals surface area (Å²) in [6, 6.07) is 1.53. The molecule has 0 aromatic carbocycles. The molecule has 1 atom stereocenters. The van der Waals surface area contributed by atoms with Crippen LogP contribution in [-0.4, -0.2) is 42.6 Å². The minimum Gasteiger partial charge on any atom is -0.370 e. The highest BCUT2D eigenvalue weighted by molar-refractivity contribution is 14.0. The lowest BCUT2D eigenvalue weighted by Gasteiger charge is -2.13. The minimum atomic E-state index is 0. The van der Waals surface area contributed by atoms with Crippen molar-refractivity contribution < 1.29 is 0 Å². The molecule has 0 amide bonds. The summed E-state index contributed by atoms with van der Waals surface area (Å²) in [6.07, 6.45) is 6.66. The highest BCUT2D eigenvalue weighted by atomic mass is 127. The van der Waals surface area contributed by atoms with Crippen LogP contribution in [0.25, 0.3) is 0 Å². The number of rotatable bonds is 4. The zero-order chi connectivity index (χ0) is 11.0. The van der Waals surface area contributed by atoms with Crippen molar-refractivity contribution in [3.63, 3.8) is 0 Å². The summed E-state index contributed by atoms with van der Waals surface area (Å²) in [5.74, 6) is 1.40. The Kier molecular flexibility index (Phi) is 4.52. The Bertz CT molecular complexity index is 286. The molecule has 5 heteroatoms. The Balaban J connectivity index is 0.00000108. The second-order valence-electron chi connectivity index (χ2n) is 5.53. The Morgan fingerprint density at radius 1 is 1.24 bits per heavy atom. The van der Waals surface area contributed by atoms with E-state index in [9.17, 15) is 0 Å². The normalized spacial score (nSPS) is 30.1. The second kappa shape index (κ2) is 5.73. The van der Waals surface area contributed by atoms with Gasteiger partial charge in [-0.3, -0.25) is 4.99 Å². The van der Waals surface area contributed by atoms with Gasteiger partial charge < -0.3 is 16.0 Å². The SMILES string of the molecule is I.NC(=NCC1CCN(C2CC2)C1)NC1CC1. The third-order valence-electron chi connectivity index (χ3n) is 3.83. The monoisotopic (exact) mass is 350 g/mol. The van der Waals surface area contributed by atoms with Gasteiger partial charge in [-0.05, 0) is 44.6 Å². The first-order valence-electron chi connectivity index (χ1n) is 6.62. The molecule has 1 unspecified atom stereocenters. The Labute approximate surface area is 120 Å². The Morgan fingerprint density at radius 2 is 2.00 bits per heavy atom. The molecule has 1 heterocycles. The van der Waals surface area contributed by atoms with Crippen LogP contribution in [0.2, 0.25) is 0 Å². The van der Waals surface area contributed by atoms with E-state index >= 15 is 0 Å². The maximum atomic E-state index is 5.82. The highest BCUT2D eigenvalue weighted by Crippen LogP contribution is 2.31. The summed E-state index contributed by atoms with van der Waals surface area (Å²) in [5, 5.41) is 3.24. The van der Waals surface area contributed by atoms with Gasteiger partial charge in [-0.25, -0.2) is 0 Å². The average molecular weight is 350 g/mol. The van der Waals surface area contributed by atoms with Gasteiger partial charge in [0.15, 0.2) is 5.96 Å². The van der Waals surface area contributed by atoms with Gasteiger partial charge in [0.1, 0.15) is 0 Å². The largest absolute Gasteiger partial charge is 0.370 e. The van der Waals surface area contributed by atoms with Crippen LogP contribution in [0.3, 0.4) is 0 Å². The summed E-state index contributed by atoms with van der Waals surface area (Å²) in [7, 11) is 0. The Morgan fingerprint density at radius 3 is 2.65 bits per heavy atom. The van der Waals surface area contributed by atoms with E-state index in [4.69, 9.17) is 5.73 Å². The zero-order valence-electron chi connectivity index (χ0n) is 10.3. The van der Waals surface area contributed by atoms with Crippen LogP contribution in [0.5, 0.6) is 0 Å². The quantitative estimate of drug-likeness (QED) is 0.455. The molecular weight excluding hydrogens is 327 g/mol. The lowest BCUT2D eigenvalue weighted by molar-refractivity contribution is 0.315. The van der Waals surface area contributed by atoms with Crippen LogP contribution >= 0.6 is 24.0 Å². The third-order valence-corrected chi connectivity index (χ3v) is 3.83. The zero-order valence-corrected chi connectivity index (χ0v) is 12.6. The molecule has 0 aromatic rings. The summed E-state index contributed by atoms with van der Waals surface area (Å²) in [5.41, 5.74) is 5.82. The molecular formula is C12H23IN4. The lowest BCUT2D eigenvalue weighted by atomic mass is 10.1. The van der Waals surface area contributed by atoms with Crippen molar-refractivity contribution in [1.29, 1.82) is 0 Å². The first-order chi connectivity index (χ1) is 7.81. The molecule has 3 aliphatic rings. The molecule has 0 radical (unpaired) electrons.